The van der Waals surface area contributed by atoms with E-state index in [1.807, 2.05) is 25.1 Å². The Kier molecular flexibility index (Phi) is 4.78. The number of esters is 1. The summed E-state index contributed by atoms with van der Waals surface area (Å²) >= 11 is 12.2. The third-order valence-corrected chi connectivity index (χ3v) is 4.38. The number of aromatic nitrogens is 2. The Hall–Kier alpha value is -2.04. The van der Waals surface area contributed by atoms with Crippen molar-refractivity contribution in [2.24, 2.45) is 0 Å². The number of hydrogen-bond donors (Lipinski definition) is 0. The summed E-state index contributed by atoms with van der Waals surface area (Å²) in [5.74, 6) is 0.504. The molecule has 0 aliphatic carbocycles. The van der Waals surface area contributed by atoms with Crippen LogP contribution in [0.25, 0.3) is 11.0 Å². The molecule has 24 heavy (non-hydrogen) atoms. The molecule has 6 heteroatoms. The Bertz CT molecular complexity index is 919. The minimum absolute atomic E-state index is 0.340. The lowest BCUT2D eigenvalue weighted by atomic mass is 10.2. The zero-order chi connectivity index (χ0) is 17.3. The van der Waals surface area contributed by atoms with Gasteiger partial charge in [0.2, 0.25) is 0 Å². The number of imidazole rings is 1. The van der Waals surface area contributed by atoms with E-state index in [0.29, 0.717) is 28.8 Å². The van der Waals surface area contributed by atoms with Crippen LogP contribution in [0, 0.1) is 6.92 Å². The van der Waals surface area contributed by atoms with E-state index in [4.69, 9.17) is 27.9 Å². The molecule has 1 aromatic heterocycles. The quantitative estimate of drug-likeness (QED) is 0.621. The maximum Gasteiger partial charge on any atom is 0.338 e. The molecule has 0 bridgehead atoms. The number of rotatable bonds is 4. The first kappa shape index (κ1) is 16.8. The summed E-state index contributed by atoms with van der Waals surface area (Å²) in [5, 5.41) is 1.22. The molecule has 1 heterocycles. The van der Waals surface area contributed by atoms with Crippen molar-refractivity contribution in [3.05, 3.63) is 63.4 Å². The van der Waals surface area contributed by atoms with Crippen LogP contribution in [0.2, 0.25) is 10.0 Å². The summed E-state index contributed by atoms with van der Waals surface area (Å²) < 4.78 is 7.09. The standard InChI is InChI=1S/C18H16Cl2N2O2/c1-3-24-18(23)12-5-7-17-16(8-12)21-11(2)22(17)10-13-4-6-14(19)9-15(13)20/h4-9H,3,10H2,1-2H3. The predicted octanol–water partition coefficient (Wildman–Crippen LogP) is 4.88. The lowest BCUT2D eigenvalue weighted by Crippen LogP contribution is -2.05. The van der Waals surface area contributed by atoms with Crippen LogP contribution in [0.5, 0.6) is 0 Å². The molecule has 0 fully saturated rings. The molecule has 0 aliphatic rings. The fraction of sp³-hybridized carbons (Fsp3) is 0.222. The van der Waals surface area contributed by atoms with Crippen molar-refractivity contribution in [3.8, 4) is 0 Å². The maximum atomic E-state index is 11.9. The van der Waals surface area contributed by atoms with Crippen LogP contribution in [0.1, 0.15) is 28.7 Å². The highest BCUT2D eigenvalue weighted by Crippen LogP contribution is 2.25. The molecular formula is C18H16Cl2N2O2. The van der Waals surface area contributed by atoms with Gasteiger partial charge in [-0.05, 0) is 49.7 Å². The van der Waals surface area contributed by atoms with E-state index >= 15 is 0 Å². The first-order valence-electron chi connectivity index (χ1n) is 7.57. The van der Waals surface area contributed by atoms with Crippen LogP contribution in [0.15, 0.2) is 36.4 Å². The van der Waals surface area contributed by atoms with E-state index in [0.717, 1.165) is 22.4 Å². The molecule has 0 atom stereocenters. The number of ether oxygens (including phenoxy) is 1. The van der Waals surface area contributed by atoms with Gasteiger partial charge < -0.3 is 9.30 Å². The summed E-state index contributed by atoms with van der Waals surface area (Å²) in [6.45, 7) is 4.63. The van der Waals surface area contributed by atoms with Gasteiger partial charge in [-0.25, -0.2) is 9.78 Å². The summed E-state index contributed by atoms with van der Waals surface area (Å²) in [6, 6.07) is 10.8. The molecule has 0 saturated heterocycles. The van der Waals surface area contributed by atoms with Gasteiger partial charge in [-0.3, -0.25) is 0 Å². The second-order valence-electron chi connectivity index (χ2n) is 5.40. The topological polar surface area (TPSA) is 44.1 Å². The summed E-state index contributed by atoms with van der Waals surface area (Å²) in [7, 11) is 0. The zero-order valence-corrected chi connectivity index (χ0v) is 14.9. The van der Waals surface area contributed by atoms with Crippen molar-refractivity contribution >= 4 is 40.2 Å². The van der Waals surface area contributed by atoms with Crippen molar-refractivity contribution in [3.63, 3.8) is 0 Å². The number of nitrogens with zero attached hydrogens (tertiary/aromatic N) is 2. The Morgan fingerprint density at radius 1 is 1.21 bits per heavy atom. The highest BCUT2D eigenvalue weighted by Gasteiger charge is 2.13. The average Bonchev–Trinajstić information content (AvgIpc) is 2.85. The monoisotopic (exact) mass is 362 g/mol. The van der Waals surface area contributed by atoms with Gasteiger partial charge in [-0.1, -0.05) is 29.3 Å². The Morgan fingerprint density at radius 3 is 2.71 bits per heavy atom. The zero-order valence-electron chi connectivity index (χ0n) is 13.3. The second-order valence-corrected chi connectivity index (χ2v) is 6.25. The molecule has 0 saturated carbocycles. The van der Waals surface area contributed by atoms with Gasteiger partial charge in [0, 0.05) is 10.0 Å². The number of aryl methyl sites for hydroxylation is 1. The minimum Gasteiger partial charge on any atom is -0.462 e. The Labute approximate surface area is 150 Å². The molecule has 0 unspecified atom stereocenters. The van der Waals surface area contributed by atoms with Crippen molar-refractivity contribution in [1.82, 2.24) is 9.55 Å². The molecule has 0 radical (unpaired) electrons. The number of fused-ring (bicyclic) bond motifs is 1. The fourth-order valence-corrected chi connectivity index (χ4v) is 3.08. The Balaban J connectivity index is 1.99. The van der Waals surface area contributed by atoms with E-state index in [2.05, 4.69) is 9.55 Å². The van der Waals surface area contributed by atoms with E-state index in [1.165, 1.54) is 0 Å². The van der Waals surface area contributed by atoms with Crippen LogP contribution in [-0.2, 0) is 11.3 Å². The second kappa shape index (κ2) is 6.83. The van der Waals surface area contributed by atoms with Crippen molar-refractivity contribution in [1.29, 1.82) is 0 Å². The van der Waals surface area contributed by atoms with Crippen molar-refractivity contribution < 1.29 is 9.53 Å². The van der Waals surface area contributed by atoms with Crippen LogP contribution < -0.4 is 0 Å². The lowest BCUT2D eigenvalue weighted by Gasteiger charge is -2.09. The average molecular weight is 363 g/mol. The number of benzene rings is 2. The molecule has 3 rings (SSSR count). The minimum atomic E-state index is -0.340. The number of hydrogen-bond acceptors (Lipinski definition) is 3. The molecule has 0 N–H and O–H groups in total. The van der Waals surface area contributed by atoms with Gasteiger partial charge in [0.25, 0.3) is 0 Å². The molecule has 124 valence electrons. The first-order valence-corrected chi connectivity index (χ1v) is 8.33. The highest BCUT2D eigenvalue weighted by molar-refractivity contribution is 6.35. The smallest absolute Gasteiger partial charge is 0.338 e. The van der Waals surface area contributed by atoms with Gasteiger partial charge in [0.1, 0.15) is 5.82 Å². The fourth-order valence-electron chi connectivity index (χ4n) is 2.61. The highest BCUT2D eigenvalue weighted by atomic mass is 35.5. The SMILES string of the molecule is CCOC(=O)c1ccc2c(c1)nc(C)n2Cc1ccc(Cl)cc1Cl. The third kappa shape index (κ3) is 3.25. The number of carbonyl (C=O) groups is 1. The van der Waals surface area contributed by atoms with Gasteiger partial charge in [-0.15, -0.1) is 0 Å². The molecule has 0 amide bonds. The van der Waals surface area contributed by atoms with Crippen molar-refractivity contribution in [2.45, 2.75) is 20.4 Å². The van der Waals surface area contributed by atoms with E-state index in [-0.39, 0.29) is 5.97 Å². The lowest BCUT2D eigenvalue weighted by molar-refractivity contribution is 0.0526. The van der Waals surface area contributed by atoms with Crippen LogP contribution in [0.3, 0.4) is 0 Å². The molecular weight excluding hydrogens is 347 g/mol. The summed E-state index contributed by atoms with van der Waals surface area (Å²) in [5.41, 5.74) is 3.14. The van der Waals surface area contributed by atoms with E-state index in [1.54, 1.807) is 25.1 Å². The number of halogens is 2. The molecule has 0 spiro atoms. The van der Waals surface area contributed by atoms with Crippen molar-refractivity contribution in [2.75, 3.05) is 6.61 Å². The summed E-state index contributed by atoms with van der Waals surface area (Å²) in [4.78, 5) is 16.4. The van der Waals surface area contributed by atoms with Gasteiger partial charge >= 0.3 is 5.97 Å². The van der Waals surface area contributed by atoms with Gasteiger partial charge in [0.05, 0.1) is 29.7 Å². The molecule has 4 nitrogen and oxygen atoms in total. The molecule has 3 aromatic rings. The predicted molar refractivity (Wildman–Crippen MR) is 96.0 cm³/mol. The van der Waals surface area contributed by atoms with Crippen LogP contribution in [0.4, 0.5) is 0 Å². The van der Waals surface area contributed by atoms with Gasteiger partial charge in [0.15, 0.2) is 0 Å². The van der Waals surface area contributed by atoms with Gasteiger partial charge in [-0.2, -0.15) is 0 Å². The summed E-state index contributed by atoms with van der Waals surface area (Å²) in [6.07, 6.45) is 0. The largest absolute Gasteiger partial charge is 0.462 e. The molecule has 2 aromatic carbocycles. The molecule has 0 aliphatic heterocycles. The Morgan fingerprint density at radius 2 is 2.00 bits per heavy atom. The van der Waals surface area contributed by atoms with E-state index < -0.39 is 0 Å². The normalized spacial score (nSPS) is 11.0. The third-order valence-electron chi connectivity index (χ3n) is 3.79. The number of carbonyl (C=O) groups excluding carboxylic acids is 1. The van der Waals surface area contributed by atoms with Crippen LogP contribution >= 0.6 is 23.2 Å². The van der Waals surface area contributed by atoms with E-state index in [9.17, 15) is 4.79 Å². The first-order chi connectivity index (χ1) is 11.5. The van der Waals surface area contributed by atoms with Crippen LogP contribution in [-0.4, -0.2) is 22.1 Å². The maximum absolute atomic E-state index is 11.9.